The fraction of sp³-hybridized carbons (Fsp3) is 0.154. The molecule has 0 unspecified atom stereocenters. The Morgan fingerprint density at radius 3 is 2.50 bits per heavy atom. The van der Waals surface area contributed by atoms with Gasteiger partial charge in [0.1, 0.15) is 0 Å². The van der Waals surface area contributed by atoms with Gasteiger partial charge in [-0.1, -0.05) is 0 Å². The molecule has 2 aromatic rings. The largest absolute Gasteiger partial charge is 0.397 e. The first-order chi connectivity index (χ1) is 9.40. The third-order valence-corrected chi connectivity index (χ3v) is 2.77. The average Bonchev–Trinajstić information content (AvgIpc) is 2.86. The van der Waals surface area contributed by atoms with E-state index in [2.05, 4.69) is 5.10 Å². The van der Waals surface area contributed by atoms with Crippen LogP contribution >= 0.6 is 0 Å². The van der Waals surface area contributed by atoms with E-state index in [0.29, 0.717) is 22.6 Å². The number of aromatic nitrogens is 2. The lowest BCUT2D eigenvalue weighted by molar-refractivity contribution is 0.0821. The molecule has 0 aliphatic rings. The average molecular weight is 273 g/mol. The number of carbonyl (C=O) groups excluding carboxylic acids is 2. The number of nitrogens with zero attached hydrogens (tertiary/aromatic N) is 3. The Kier molecular flexibility index (Phi) is 3.43. The van der Waals surface area contributed by atoms with Crippen LogP contribution in [0.5, 0.6) is 0 Å². The first kappa shape index (κ1) is 13.6. The molecule has 0 saturated carbocycles. The van der Waals surface area contributed by atoms with Crippen LogP contribution in [0.1, 0.15) is 20.8 Å². The molecule has 0 atom stereocenters. The van der Waals surface area contributed by atoms with Crippen molar-refractivity contribution in [3.63, 3.8) is 0 Å². The number of nitrogen functional groups attached to an aromatic ring is 1. The molecule has 1 aromatic heterocycles. The molecule has 2 amide bonds. The molecule has 104 valence electrons. The van der Waals surface area contributed by atoms with Crippen LogP contribution in [-0.4, -0.2) is 40.6 Å². The van der Waals surface area contributed by atoms with Crippen molar-refractivity contribution in [2.75, 3.05) is 19.8 Å². The van der Waals surface area contributed by atoms with Crippen LogP contribution in [0.3, 0.4) is 0 Å². The van der Waals surface area contributed by atoms with E-state index in [-0.39, 0.29) is 5.91 Å². The Morgan fingerprint density at radius 2 is 1.95 bits per heavy atom. The molecule has 0 bridgehead atoms. The van der Waals surface area contributed by atoms with E-state index in [1.165, 1.54) is 15.6 Å². The van der Waals surface area contributed by atoms with Crippen molar-refractivity contribution >= 4 is 17.5 Å². The molecule has 0 aliphatic heterocycles. The number of nitrogens with two attached hydrogens (primary N) is 2. The molecule has 7 nitrogen and oxygen atoms in total. The standard InChI is InChI=1S/C13H15N5O2/c1-17(2)13(20)10-5-6-18(16-10)11-4-3-8(12(15)19)7-9(11)14/h3-7H,14H2,1-2H3,(H2,15,19). The molecule has 4 N–H and O–H groups in total. The molecule has 0 radical (unpaired) electrons. The van der Waals surface area contributed by atoms with Crippen LogP contribution in [0.25, 0.3) is 5.69 Å². The van der Waals surface area contributed by atoms with E-state index in [4.69, 9.17) is 11.5 Å². The minimum absolute atomic E-state index is 0.198. The molecule has 20 heavy (non-hydrogen) atoms. The number of anilines is 1. The van der Waals surface area contributed by atoms with Crippen molar-refractivity contribution < 1.29 is 9.59 Å². The SMILES string of the molecule is CN(C)C(=O)c1ccn(-c2ccc(C(N)=O)cc2N)n1. The first-order valence-corrected chi connectivity index (χ1v) is 5.87. The Hall–Kier alpha value is -2.83. The molecule has 0 spiro atoms. The first-order valence-electron chi connectivity index (χ1n) is 5.87. The van der Waals surface area contributed by atoms with E-state index in [1.807, 2.05) is 0 Å². The Labute approximate surface area is 115 Å². The summed E-state index contributed by atoms with van der Waals surface area (Å²) >= 11 is 0. The lowest BCUT2D eigenvalue weighted by atomic mass is 10.1. The van der Waals surface area contributed by atoms with Crippen molar-refractivity contribution in [1.82, 2.24) is 14.7 Å². The Balaban J connectivity index is 2.38. The number of hydrogen-bond donors (Lipinski definition) is 2. The highest BCUT2D eigenvalue weighted by molar-refractivity contribution is 5.94. The molecular weight excluding hydrogens is 258 g/mol. The van der Waals surface area contributed by atoms with Crippen molar-refractivity contribution in [2.45, 2.75) is 0 Å². The van der Waals surface area contributed by atoms with Gasteiger partial charge in [0.05, 0.1) is 11.4 Å². The smallest absolute Gasteiger partial charge is 0.273 e. The number of benzene rings is 1. The van der Waals surface area contributed by atoms with E-state index >= 15 is 0 Å². The summed E-state index contributed by atoms with van der Waals surface area (Å²) < 4.78 is 1.48. The quantitative estimate of drug-likeness (QED) is 0.782. The predicted octanol–water partition coefficient (Wildman–Crippen LogP) is 0.255. The summed E-state index contributed by atoms with van der Waals surface area (Å²) in [5.41, 5.74) is 12.6. The summed E-state index contributed by atoms with van der Waals surface area (Å²) in [6, 6.07) is 6.27. The number of primary amides is 1. The third-order valence-electron chi connectivity index (χ3n) is 2.77. The zero-order chi connectivity index (χ0) is 14.9. The fourth-order valence-corrected chi connectivity index (χ4v) is 1.72. The minimum atomic E-state index is -0.549. The second-order valence-corrected chi connectivity index (χ2v) is 4.48. The molecule has 7 heteroatoms. The van der Waals surface area contributed by atoms with Crippen molar-refractivity contribution in [2.24, 2.45) is 5.73 Å². The lowest BCUT2D eigenvalue weighted by Gasteiger charge is -2.08. The van der Waals surface area contributed by atoms with Gasteiger partial charge in [-0.3, -0.25) is 9.59 Å². The molecule has 2 rings (SSSR count). The zero-order valence-corrected chi connectivity index (χ0v) is 11.2. The van der Waals surface area contributed by atoms with E-state index in [9.17, 15) is 9.59 Å². The lowest BCUT2D eigenvalue weighted by Crippen LogP contribution is -2.22. The van der Waals surface area contributed by atoms with E-state index in [1.54, 1.807) is 38.5 Å². The Bertz CT molecular complexity index is 675. The molecule has 1 aromatic carbocycles. The highest BCUT2D eigenvalue weighted by Crippen LogP contribution is 2.18. The van der Waals surface area contributed by atoms with Crippen LogP contribution in [0, 0.1) is 0 Å². The topological polar surface area (TPSA) is 107 Å². The highest BCUT2D eigenvalue weighted by atomic mass is 16.2. The molecular formula is C13H15N5O2. The Morgan fingerprint density at radius 1 is 1.25 bits per heavy atom. The summed E-state index contributed by atoms with van der Waals surface area (Å²) in [4.78, 5) is 24.3. The van der Waals surface area contributed by atoms with Gasteiger partial charge < -0.3 is 16.4 Å². The maximum atomic E-state index is 11.8. The summed E-state index contributed by atoms with van der Waals surface area (Å²) in [5.74, 6) is -0.747. The maximum absolute atomic E-state index is 11.8. The van der Waals surface area contributed by atoms with Gasteiger partial charge in [0.15, 0.2) is 5.69 Å². The third kappa shape index (κ3) is 2.46. The zero-order valence-electron chi connectivity index (χ0n) is 11.2. The van der Waals surface area contributed by atoms with Crippen LogP contribution in [0.2, 0.25) is 0 Å². The van der Waals surface area contributed by atoms with Crippen molar-refractivity contribution in [3.8, 4) is 5.69 Å². The van der Waals surface area contributed by atoms with Gasteiger partial charge in [-0.15, -0.1) is 0 Å². The van der Waals surface area contributed by atoms with Gasteiger partial charge in [-0.05, 0) is 24.3 Å². The molecule has 0 aliphatic carbocycles. The van der Waals surface area contributed by atoms with Gasteiger partial charge in [-0.25, -0.2) is 4.68 Å². The summed E-state index contributed by atoms with van der Waals surface area (Å²) in [6.07, 6.45) is 1.63. The van der Waals surface area contributed by atoms with Gasteiger partial charge >= 0.3 is 0 Å². The number of amides is 2. The highest BCUT2D eigenvalue weighted by Gasteiger charge is 2.13. The van der Waals surface area contributed by atoms with Crippen LogP contribution in [-0.2, 0) is 0 Å². The van der Waals surface area contributed by atoms with E-state index in [0.717, 1.165) is 0 Å². The second kappa shape index (κ2) is 5.04. The van der Waals surface area contributed by atoms with E-state index < -0.39 is 5.91 Å². The predicted molar refractivity (Wildman–Crippen MR) is 74.5 cm³/mol. The fourth-order valence-electron chi connectivity index (χ4n) is 1.72. The molecule has 0 saturated heterocycles. The van der Waals surface area contributed by atoms with Gasteiger partial charge in [0.25, 0.3) is 5.91 Å². The van der Waals surface area contributed by atoms with Crippen LogP contribution < -0.4 is 11.5 Å². The number of hydrogen-bond acceptors (Lipinski definition) is 4. The summed E-state index contributed by atoms with van der Waals surface area (Å²) in [6.45, 7) is 0. The summed E-state index contributed by atoms with van der Waals surface area (Å²) in [5, 5.41) is 4.17. The maximum Gasteiger partial charge on any atom is 0.273 e. The van der Waals surface area contributed by atoms with Gasteiger partial charge in [0, 0.05) is 25.9 Å². The van der Waals surface area contributed by atoms with Crippen molar-refractivity contribution in [3.05, 3.63) is 41.7 Å². The number of carbonyl (C=O) groups is 2. The van der Waals surface area contributed by atoms with Crippen LogP contribution in [0.4, 0.5) is 5.69 Å². The minimum Gasteiger partial charge on any atom is -0.397 e. The molecule has 0 fully saturated rings. The van der Waals surface area contributed by atoms with Gasteiger partial charge in [0.2, 0.25) is 5.91 Å². The second-order valence-electron chi connectivity index (χ2n) is 4.48. The normalized spacial score (nSPS) is 10.3. The number of rotatable bonds is 3. The summed E-state index contributed by atoms with van der Waals surface area (Å²) in [7, 11) is 3.30. The van der Waals surface area contributed by atoms with Crippen LogP contribution in [0.15, 0.2) is 30.5 Å². The van der Waals surface area contributed by atoms with Gasteiger partial charge in [-0.2, -0.15) is 5.10 Å². The van der Waals surface area contributed by atoms with Crippen molar-refractivity contribution in [1.29, 1.82) is 0 Å². The monoisotopic (exact) mass is 273 g/mol. The molecule has 1 heterocycles.